The fraction of sp³-hybridized carbons (Fsp3) is 0.385. The summed E-state index contributed by atoms with van der Waals surface area (Å²) in [5.74, 6) is 0. The fourth-order valence-electron chi connectivity index (χ4n) is 3.05. The molecule has 1 aliphatic rings. The largest absolute Gasteiger partial charge is 0.346 e. The Kier molecular flexibility index (Phi) is 2.61. The zero-order chi connectivity index (χ0) is 14.6. The summed E-state index contributed by atoms with van der Waals surface area (Å²) in [5.41, 5.74) is 2.67. The Labute approximate surface area is 121 Å². The van der Waals surface area contributed by atoms with Gasteiger partial charge in [0.2, 0.25) is 10.0 Å². The molecule has 0 radical (unpaired) electrons. The minimum Gasteiger partial charge on any atom is -0.346 e. The Morgan fingerprint density at radius 3 is 3.00 bits per heavy atom. The quantitative estimate of drug-likeness (QED) is 0.769. The first-order chi connectivity index (χ1) is 10.0. The highest BCUT2D eigenvalue weighted by molar-refractivity contribution is 7.88. The Morgan fingerprint density at radius 1 is 1.38 bits per heavy atom. The third kappa shape index (κ3) is 1.94. The number of imidazole rings is 1. The lowest BCUT2D eigenvalue weighted by Gasteiger charge is -2.15. The molecular weight excluding hydrogens is 290 g/mol. The molecule has 1 N–H and O–H groups in total. The summed E-state index contributed by atoms with van der Waals surface area (Å²) in [5, 5.41) is 1.02. The summed E-state index contributed by atoms with van der Waals surface area (Å²) in [6.45, 7) is 1.06. The van der Waals surface area contributed by atoms with E-state index in [0.29, 0.717) is 13.1 Å². The molecule has 0 amide bonds. The molecule has 0 unspecified atom stereocenters. The predicted molar refractivity (Wildman–Crippen MR) is 79.5 cm³/mol. The van der Waals surface area contributed by atoms with Crippen molar-refractivity contribution >= 4 is 32.1 Å². The number of H-pyrrole nitrogens is 1. The van der Waals surface area contributed by atoms with Gasteiger partial charge < -0.3 is 9.55 Å². The summed E-state index contributed by atoms with van der Waals surface area (Å²) < 4.78 is 26.9. The zero-order valence-corrected chi connectivity index (χ0v) is 12.3. The van der Waals surface area contributed by atoms with Crippen LogP contribution in [0.15, 0.2) is 24.8 Å². The van der Waals surface area contributed by atoms with Crippen LogP contribution in [0, 0.1) is 0 Å². The van der Waals surface area contributed by atoms with E-state index in [2.05, 4.69) is 19.5 Å². The number of pyridine rings is 1. The molecule has 4 rings (SSSR count). The van der Waals surface area contributed by atoms with Crippen molar-refractivity contribution in [2.75, 3.05) is 19.3 Å². The van der Waals surface area contributed by atoms with Crippen LogP contribution < -0.4 is 0 Å². The standard InChI is InChI=1S/C13H15N5O2S/c1-21(19,20)17-5-3-9(7-17)18-8-16-11-6-15-13-10(12(11)18)2-4-14-13/h2,4,6,8-9H,3,5,7H2,1H3,(H,14,15)/t9-/m1/s1. The maximum absolute atomic E-state index is 11.7. The monoisotopic (exact) mass is 305 g/mol. The number of nitrogens with zero attached hydrogens (tertiary/aromatic N) is 4. The van der Waals surface area contributed by atoms with Gasteiger partial charge in [-0.05, 0) is 12.5 Å². The number of rotatable bonds is 2. The van der Waals surface area contributed by atoms with Gasteiger partial charge in [0.05, 0.1) is 30.3 Å². The molecule has 110 valence electrons. The van der Waals surface area contributed by atoms with Gasteiger partial charge in [-0.15, -0.1) is 0 Å². The summed E-state index contributed by atoms with van der Waals surface area (Å²) in [6, 6.07) is 2.09. The molecule has 0 saturated carbocycles. The number of aromatic amines is 1. The van der Waals surface area contributed by atoms with E-state index in [4.69, 9.17) is 0 Å². The van der Waals surface area contributed by atoms with Crippen LogP contribution in [-0.2, 0) is 10.0 Å². The van der Waals surface area contributed by atoms with Crippen molar-refractivity contribution in [1.29, 1.82) is 0 Å². The van der Waals surface area contributed by atoms with Gasteiger partial charge in [0.15, 0.2) is 0 Å². The SMILES string of the molecule is CS(=O)(=O)N1CC[C@@H](n2cnc3cnc4[nH]ccc4c32)C1. The van der Waals surface area contributed by atoms with Gasteiger partial charge in [-0.1, -0.05) is 0 Å². The van der Waals surface area contributed by atoms with E-state index < -0.39 is 10.0 Å². The topological polar surface area (TPSA) is 83.9 Å². The highest BCUT2D eigenvalue weighted by atomic mass is 32.2. The molecule has 3 aromatic heterocycles. The molecule has 21 heavy (non-hydrogen) atoms. The molecule has 1 saturated heterocycles. The number of aromatic nitrogens is 4. The van der Waals surface area contributed by atoms with E-state index in [1.807, 2.05) is 12.3 Å². The maximum Gasteiger partial charge on any atom is 0.211 e. The first-order valence-electron chi connectivity index (χ1n) is 6.78. The van der Waals surface area contributed by atoms with Gasteiger partial charge in [-0.25, -0.2) is 22.7 Å². The van der Waals surface area contributed by atoms with Gasteiger partial charge in [-0.2, -0.15) is 0 Å². The highest BCUT2D eigenvalue weighted by Gasteiger charge is 2.30. The van der Waals surface area contributed by atoms with Crippen LogP contribution >= 0.6 is 0 Å². The van der Waals surface area contributed by atoms with Gasteiger partial charge in [0.25, 0.3) is 0 Å². The Hall–Kier alpha value is -1.93. The average molecular weight is 305 g/mol. The van der Waals surface area contributed by atoms with E-state index in [0.717, 1.165) is 28.5 Å². The molecule has 0 aromatic carbocycles. The van der Waals surface area contributed by atoms with Crippen LogP contribution in [0.3, 0.4) is 0 Å². The molecular formula is C13H15N5O2S. The first kappa shape index (κ1) is 12.8. The molecule has 1 fully saturated rings. The maximum atomic E-state index is 11.7. The number of fused-ring (bicyclic) bond motifs is 3. The number of hydrogen-bond donors (Lipinski definition) is 1. The normalized spacial score (nSPS) is 20.7. The fourth-order valence-corrected chi connectivity index (χ4v) is 3.93. The van der Waals surface area contributed by atoms with Crippen molar-refractivity contribution in [2.24, 2.45) is 0 Å². The lowest BCUT2D eigenvalue weighted by molar-refractivity contribution is 0.459. The third-order valence-electron chi connectivity index (χ3n) is 4.11. The molecule has 4 heterocycles. The first-order valence-corrected chi connectivity index (χ1v) is 8.62. The highest BCUT2D eigenvalue weighted by Crippen LogP contribution is 2.30. The minimum absolute atomic E-state index is 0.116. The second-order valence-corrected chi connectivity index (χ2v) is 7.43. The predicted octanol–water partition coefficient (Wildman–Crippen LogP) is 1.12. The Balaban J connectivity index is 1.83. The average Bonchev–Trinajstić information content (AvgIpc) is 3.15. The van der Waals surface area contributed by atoms with E-state index in [1.54, 1.807) is 12.5 Å². The third-order valence-corrected chi connectivity index (χ3v) is 5.38. The van der Waals surface area contributed by atoms with Crippen LogP contribution in [0.25, 0.3) is 22.1 Å². The van der Waals surface area contributed by atoms with Crippen LogP contribution in [0.1, 0.15) is 12.5 Å². The van der Waals surface area contributed by atoms with Crippen molar-refractivity contribution in [3.05, 3.63) is 24.8 Å². The van der Waals surface area contributed by atoms with Gasteiger partial charge in [0.1, 0.15) is 11.2 Å². The van der Waals surface area contributed by atoms with E-state index in [-0.39, 0.29) is 6.04 Å². The van der Waals surface area contributed by atoms with E-state index in [1.165, 1.54) is 10.6 Å². The molecule has 8 heteroatoms. The lowest BCUT2D eigenvalue weighted by atomic mass is 10.2. The summed E-state index contributed by atoms with van der Waals surface area (Å²) in [4.78, 5) is 11.8. The molecule has 0 bridgehead atoms. The number of hydrogen-bond acceptors (Lipinski definition) is 4. The molecule has 0 spiro atoms. The van der Waals surface area contributed by atoms with Crippen molar-refractivity contribution in [3.8, 4) is 0 Å². The second-order valence-electron chi connectivity index (χ2n) is 5.45. The summed E-state index contributed by atoms with van der Waals surface area (Å²) in [7, 11) is -3.13. The summed E-state index contributed by atoms with van der Waals surface area (Å²) in [6.07, 6.45) is 7.44. The van der Waals surface area contributed by atoms with Gasteiger partial charge in [0, 0.05) is 24.7 Å². The van der Waals surface area contributed by atoms with Crippen LogP contribution in [-0.4, -0.2) is 51.6 Å². The molecule has 7 nitrogen and oxygen atoms in total. The van der Waals surface area contributed by atoms with Crippen LogP contribution in [0.5, 0.6) is 0 Å². The van der Waals surface area contributed by atoms with E-state index >= 15 is 0 Å². The Bertz CT molecular complexity index is 926. The second kappa shape index (κ2) is 4.28. The molecule has 3 aromatic rings. The van der Waals surface area contributed by atoms with Crippen molar-refractivity contribution in [1.82, 2.24) is 23.8 Å². The number of sulfonamides is 1. The van der Waals surface area contributed by atoms with E-state index in [9.17, 15) is 8.42 Å². The van der Waals surface area contributed by atoms with Gasteiger partial charge >= 0.3 is 0 Å². The smallest absolute Gasteiger partial charge is 0.211 e. The van der Waals surface area contributed by atoms with Crippen LogP contribution in [0.2, 0.25) is 0 Å². The lowest BCUT2D eigenvalue weighted by Crippen LogP contribution is -2.27. The minimum atomic E-state index is -3.13. The zero-order valence-electron chi connectivity index (χ0n) is 11.5. The van der Waals surface area contributed by atoms with Crippen LogP contribution in [0.4, 0.5) is 0 Å². The van der Waals surface area contributed by atoms with Crippen molar-refractivity contribution in [3.63, 3.8) is 0 Å². The summed E-state index contributed by atoms with van der Waals surface area (Å²) >= 11 is 0. The molecule has 1 aliphatic heterocycles. The van der Waals surface area contributed by atoms with Gasteiger partial charge in [-0.3, -0.25) is 0 Å². The molecule has 1 atom stereocenters. The molecule has 0 aliphatic carbocycles. The van der Waals surface area contributed by atoms with Crippen molar-refractivity contribution in [2.45, 2.75) is 12.5 Å². The number of nitrogens with one attached hydrogen (secondary N) is 1. The van der Waals surface area contributed by atoms with Crippen molar-refractivity contribution < 1.29 is 8.42 Å². The Morgan fingerprint density at radius 2 is 2.24 bits per heavy atom.